The Hall–Kier alpha value is -3.60. The van der Waals surface area contributed by atoms with Crippen LogP contribution in [0.25, 0.3) is 0 Å². The first-order valence-corrected chi connectivity index (χ1v) is 10.9. The molecular formula is C27H28N2O3. The van der Waals surface area contributed by atoms with Crippen LogP contribution in [0.1, 0.15) is 47.7 Å². The lowest BCUT2D eigenvalue weighted by molar-refractivity contribution is -0.133. The Bertz CT molecular complexity index is 1080. The molecular weight excluding hydrogens is 400 g/mol. The normalized spacial score (nSPS) is 16.1. The van der Waals surface area contributed by atoms with E-state index in [0.29, 0.717) is 6.54 Å². The van der Waals surface area contributed by atoms with Gasteiger partial charge in [0.25, 0.3) is 0 Å². The van der Waals surface area contributed by atoms with E-state index >= 15 is 0 Å². The predicted octanol–water partition coefficient (Wildman–Crippen LogP) is 4.44. The maximum Gasteiger partial charge on any atom is 0.223 e. The van der Waals surface area contributed by atoms with Crippen molar-refractivity contribution in [3.8, 4) is 5.75 Å². The van der Waals surface area contributed by atoms with E-state index in [2.05, 4.69) is 11.4 Å². The van der Waals surface area contributed by atoms with Crippen molar-refractivity contribution in [3.05, 3.63) is 101 Å². The minimum absolute atomic E-state index is 0.00735. The third-order valence-electron chi connectivity index (χ3n) is 6.08. The van der Waals surface area contributed by atoms with Gasteiger partial charge < -0.3 is 15.0 Å². The van der Waals surface area contributed by atoms with E-state index in [1.54, 1.807) is 14.0 Å². The zero-order valence-electron chi connectivity index (χ0n) is 18.5. The summed E-state index contributed by atoms with van der Waals surface area (Å²) in [5.41, 5.74) is 4.23. The van der Waals surface area contributed by atoms with Gasteiger partial charge in [0, 0.05) is 13.5 Å². The standard InChI is InChI=1S/C27H28N2O3/c1-19(30)29-17-16-20-8-6-7-11-24(20)25(29)18-26(31)28-27(21-9-4-3-5-10-21)22-12-14-23(32-2)15-13-22/h3-15,25,27H,16-18H2,1-2H3,(H,28,31). The SMILES string of the molecule is COc1ccc(C(NC(=O)CC2c3ccccc3CCN2C(C)=O)c2ccccc2)cc1. The Labute approximate surface area is 189 Å². The number of methoxy groups -OCH3 is 1. The van der Waals surface area contributed by atoms with Crippen LogP contribution in [0.15, 0.2) is 78.9 Å². The second kappa shape index (κ2) is 9.69. The monoisotopic (exact) mass is 428 g/mol. The van der Waals surface area contributed by atoms with Gasteiger partial charge in [-0.2, -0.15) is 0 Å². The van der Waals surface area contributed by atoms with Crippen molar-refractivity contribution in [2.45, 2.75) is 31.8 Å². The summed E-state index contributed by atoms with van der Waals surface area (Å²) in [5, 5.41) is 3.21. The number of fused-ring (bicyclic) bond motifs is 1. The first-order chi connectivity index (χ1) is 15.6. The molecule has 1 aliphatic rings. The van der Waals surface area contributed by atoms with Gasteiger partial charge in [0.1, 0.15) is 5.75 Å². The van der Waals surface area contributed by atoms with Crippen molar-refractivity contribution in [1.82, 2.24) is 10.2 Å². The van der Waals surface area contributed by atoms with Gasteiger partial charge in [-0.3, -0.25) is 9.59 Å². The molecule has 5 heteroatoms. The molecule has 3 aromatic rings. The van der Waals surface area contributed by atoms with E-state index in [-0.39, 0.29) is 30.3 Å². The van der Waals surface area contributed by atoms with Crippen molar-refractivity contribution < 1.29 is 14.3 Å². The highest BCUT2D eigenvalue weighted by atomic mass is 16.5. The minimum Gasteiger partial charge on any atom is -0.497 e. The maximum absolute atomic E-state index is 13.3. The van der Waals surface area contributed by atoms with Crippen LogP contribution in [0.4, 0.5) is 0 Å². The highest BCUT2D eigenvalue weighted by Crippen LogP contribution is 2.33. The molecule has 2 atom stereocenters. The number of ether oxygens (including phenoxy) is 1. The van der Waals surface area contributed by atoms with Crippen LogP contribution in [0.2, 0.25) is 0 Å². The Morgan fingerprint density at radius 2 is 1.62 bits per heavy atom. The molecule has 4 rings (SSSR count). The topological polar surface area (TPSA) is 58.6 Å². The zero-order chi connectivity index (χ0) is 22.5. The molecule has 3 aromatic carbocycles. The largest absolute Gasteiger partial charge is 0.497 e. The third kappa shape index (κ3) is 4.67. The molecule has 5 nitrogen and oxygen atoms in total. The van der Waals surface area contributed by atoms with E-state index in [1.165, 1.54) is 5.56 Å². The number of carbonyl (C=O) groups excluding carboxylic acids is 2. The number of rotatable bonds is 6. The maximum atomic E-state index is 13.3. The number of hydrogen-bond donors (Lipinski definition) is 1. The van der Waals surface area contributed by atoms with E-state index in [1.807, 2.05) is 77.7 Å². The number of nitrogens with zero attached hydrogens (tertiary/aromatic N) is 1. The van der Waals surface area contributed by atoms with E-state index in [4.69, 9.17) is 4.74 Å². The number of hydrogen-bond acceptors (Lipinski definition) is 3. The summed E-state index contributed by atoms with van der Waals surface area (Å²) in [5.74, 6) is 0.664. The highest BCUT2D eigenvalue weighted by molar-refractivity contribution is 5.80. The molecule has 0 saturated heterocycles. The highest BCUT2D eigenvalue weighted by Gasteiger charge is 2.31. The molecule has 2 unspecified atom stereocenters. The van der Waals surface area contributed by atoms with Crippen molar-refractivity contribution in [1.29, 1.82) is 0 Å². The minimum atomic E-state index is -0.292. The van der Waals surface area contributed by atoms with Gasteiger partial charge in [-0.1, -0.05) is 66.7 Å². The van der Waals surface area contributed by atoms with Crippen LogP contribution < -0.4 is 10.1 Å². The lowest BCUT2D eigenvalue weighted by Gasteiger charge is -2.37. The van der Waals surface area contributed by atoms with Crippen molar-refractivity contribution in [2.24, 2.45) is 0 Å². The average Bonchev–Trinajstić information content (AvgIpc) is 2.83. The first-order valence-electron chi connectivity index (χ1n) is 10.9. The van der Waals surface area contributed by atoms with Crippen molar-refractivity contribution >= 4 is 11.8 Å². The second-order valence-corrected chi connectivity index (χ2v) is 8.07. The van der Waals surface area contributed by atoms with Crippen LogP contribution in [0.3, 0.4) is 0 Å². The smallest absolute Gasteiger partial charge is 0.223 e. The lowest BCUT2D eigenvalue weighted by Crippen LogP contribution is -2.41. The first kappa shape index (κ1) is 21.6. The van der Waals surface area contributed by atoms with Gasteiger partial charge >= 0.3 is 0 Å². The van der Waals surface area contributed by atoms with Crippen LogP contribution in [0.5, 0.6) is 5.75 Å². The van der Waals surface area contributed by atoms with E-state index in [0.717, 1.165) is 28.9 Å². The third-order valence-corrected chi connectivity index (χ3v) is 6.08. The van der Waals surface area contributed by atoms with Crippen molar-refractivity contribution in [2.75, 3.05) is 13.7 Å². The quantitative estimate of drug-likeness (QED) is 0.632. The predicted molar refractivity (Wildman–Crippen MR) is 124 cm³/mol. The summed E-state index contributed by atoms with van der Waals surface area (Å²) in [6.45, 7) is 2.20. The number of benzene rings is 3. The number of amides is 2. The molecule has 32 heavy (non-hydrogen) atoms. The fraction of sp³-hybridized carbons (Fsp3) is 0.259. The van der Waals surface area contributed by atoms with Gasteiger partial charge in [-0.05, 0) is 40.8 Å². The molecule has 0 spiro atoms. The summed E-state index contributed by atoms with van der Waals surface area (Å²) < 4.78 is 5.28. The van der Waals surface area contributed by atoms with E-state index in [9.17, 15) is 9.59 Å². The zero-order valence-corrected chi connectivity index (χ0v) is 18.5. The molecule has 0 aliphatic carbocycles. The van der Waals surface area contributed by atoms with Gasteiger partial charge in [-0.15, -0.1) is 0 Å². The molecule has 0 saturated carbocycles. The fourth-order valence-electron chi connectivity index (χ4n) is 4.45. The molecule has 1 aliphatic heterocycles. The molecule has 1 heterocycles. The summed E-state index contributed by atoms with van der Waals surface area (Å²) in [4.78, 5) is 27.4. The Balaban J connectivity index is 1.60. The van der Waals surface area contributed by atoms with Crippen LogP contribution in [-0.4, -0.2) is 30.4 Å². The van der Waals surface area contributed by atoms with Gasteiger partial charge in [0.15, 0.2) is 0 Å². The van der Waals surface area contributed by atoms with Gasteiger partial charge in [0.05, 0.1) is 25.6 Å². The summed E-state index contributed by atoms with van der Waals surface area (Å²) in [7, 11) is 1.63. The van der Waals surface area contributed by atoms with Crippen LogP contribution >= 0.6 is 0 Å². The van der Waals surface area contributed by atoms with Gasteiger partial charge in [0.2, 0.25) is 11.8 Å². The Kier molecular flexibility index (Phi) is 6.55. The van der Waals surface area contributed by atoms with Crippen LogP contribution in [0, 0.1) is 0 Å². The van der Waals surface area contributed by atoms with Crippen LogP contribution in [-0.2, 0) is 16.0 Å². The Morgan fingerprint density at radius 1 is 0.969 bits per heavy atom. The van der Waals surface area contributed by atoms with Gasteiger partial charge in [-0.25, -0.2) is 0 Å². The molecule has 0 radical (unpaired) electrons. The summed E-state index contributed by atoms with van der Waals surface area (Å²) >= 11 is 0. The lowest BCUT2D eigenvalue weighted by atomic mass is 9.90. The molecule has 1 N–H and O–H groups in total. The summed E-state index contributed by atoms with van der Waals surface area (Å²) in [6.07, 6.45) is 1.03. The molecule has 0 bridgehead atoms. The number of carbonyl (C=O) groups is 2. The average molecular weight is 429 g/mol. The van der Waals surface area contributed by atoms with E-state index < -0.39 is 0 Å². The molecule has 0 aromatic heterocycles. The molecule has 2 amide bonds. The Morgan fingerprint density at radius 3 is 2.31 bits per heavy atom. The molecule has 0 fully saturated rings. The summed E-state index contributed by atoms with van der Waals surface area (Å²) in [6, 6.07) is 25.2. The number of nitrogens with one attached hydrogen (secondary N) is 1. The van der Waals surface area contributed by atoms with Crippen molar-refractivity contribution in [3.63, 3.8) is 0 Å². The second-order valence-electron chi connectivity index (χ2n) is 8.07. The fourth-order valence-corrected chi connectivity index (χ4v) is 4.45. The molecule has 164 valence electrons.